The van der Waals surface area contributed by atoms with Gasteiger partial charge in [0.1, 0.15) is 5.60 Å². The Labute approximate surface area is 152 Å². The van der Waals surface area contributed by atoms with Crippen LogP contribution < -0.4 is 10.6 Å². The Morgan fingerprint density at radius 2 is 2.04 bits per heavy atom. The van der Waals surface area contributed by atoms with E-state index in [4.69, 9.17) is 0 Å². The second kappa shape index (κ2) is 9.78. The summed E-state index contributed by atoms with van der Waals surface area (Å²) in [5.41, 5.74) is -0.0755. The zero-order chi connectivity index (χ0) is 18.1. The summed E-state index contributed by atoms with van der Waals surface area (Å²) in [5, 5.41) is 17.5. The van der Waals surface area contributed by atoms with Gasteiger partial charge in [0.05, 0.1) is 6.54 Å². The average Bonchev–Trinajstić information content (AvgIpc) is 2.65. The highest BCUT2D eigenvalue weighted by molar-refractivity contribution is 5.79. The molecule has 5 heteroatoms. The number of nitrogens with zero attached hydrogens (tertiary/aromatic N) is 2. The van der Waals surface area contributed by atoms with Crippen molar-refractivity contribution in [2.75, 3.05) is 39.3 Å². The van der Waals surface area contributed by atoms with Gasteiger partial charge in [-0.25, -0.2) is 4.99 Å². The Morgan fingerprint density at radius 1 is 1.28 bits per heavy atom. The maximum Gasteiger partial charge on any atom is 0.191 e. The number of benzene rings is 1. The topological polar surface area (TPSA) is 59.9 Å². The molecule has 2 rings (SSSR count). The van der Waals surface area contributed by atoms with E-state index in [2.05, 4.69) is 34.4 Å². The fraction of sp³-hybridized carbons (Fsp3) is 0.650. The summed E-state index contributed by atoms with van der Waals surface area (Å²) in [7, 11) is 0. The molecule has 0 bridgehead atoms. The fourth-order valence-corrected chi connectivity index (χ4v) is 3.31. The van der Waals surface area contributed by atoms with Gasteiger partial charge in [-0.05, 0) is 51.3 Å². The molecule has 1 aromatic rings. The Hall–Kier alpha value is -1.59. The minimum atomic E-state index is -0.965. The molecule has 5 nitrogen and oxygen atoms in total. The van der Waals surface area contributed by atoms with E-state index >= 15 is 0 Å². The molecule has 1 heterocycles. The second-order valence-corrected chi connectivity index (χ2v) is 7.12. The molecule has 1 fully saturated rings. The lowest BCUT2D eigenvalue weighted by molar-refractivity contribution is 0.0672. The van der Waals surface area contributed by atoms with Crippen LogP contribution in [-0.4, -0.2) is 55.2 Å². The highest BCUT2D eigenvalue weighted by Crippen LogP contribution is 2.20. The number of hydrogen-bond donors (Lipinski definition) is 3. The van der Waals surface area contributed by atoms with Gasteiger partial charge in [-0.2, -0.15) is 0 Å². The van der Waals surface area contributed by atoms with Crippen molar-refractivity contribution in [2.24, 2.45) is 10.9 Å². The van der Waals surface area contributed by atoms with E-state index in [0.29, 0.717) is 12.5 Å². The molecule has 1 aliphatic rings. The van der Waals surface area contributed by atoms with Crippen molar-refractivity contribution in [1.82, 2.24) is 15.5 Å². The lowest BCUT2D eigenvalue weighted by Crippen LogP contribution is -2.44. The maximum atomic E-state index is 10.7. The Morgan fingerprint density at radius 3 is 2.72 bits per heavy atom. The Bertz CT molecular complexity index is 530. The SMILES string of the molecule is CCNC(=NCC(C)(O)c1ccccc1)NCC1CCCN(CC)C1. The largest absolute Gasteiger partial charge is 0.384 e. The van der Waals surface area contributed by atoms with E-state index in [1.165, 1.54) is 19.4 Å². The minimum absolute atomic E-state index is 0.331. The van der Waals surface area contributed by atoms with Crippen LogP contribution in [-0.2, 0) is 5.60 Å². The van der Waals surface area contributed by atoms with Crippen LogP contribution in [0.2, 0.25) is 0 Å². The summed E-state index contributed by atoms with van der Waals surface area (Å²) >= 11 is 0. The molecule has 140 valence electrons. The third-order valence-corrected chi connectivity index (χ3v) is 4.89. The predicted octanol–water partition coefficient (Wildman–Crippen LogP) is 2.18. The van der Waals surface area contributed by atoms with E-state index in [1.807, 2.05) is 37.3 Å². The second-order valence-electron chi connectivity index (χ2n) is 7.12. The summed E-state index contributed by atoms with van der Waals surface area (Å²) in [6.07, 6.45) is 2.54. The quantitative estimate of drug-likeness (QED) is 0.523. The van der Waals surface area contributed by atoms with E-state index in [1.54, 1.807) is 0 Å². The number of aliphatic hydroxyl groups is 1. The Kier molecular flexibility index (Phi) is 7.72. The normalized spacial score (nSPS) is 21.6. The third-order valence-electron chi connectivity index (χ3n) is 4.89. The van der Waals surface area contributed by atoms with Crippen LogP contribution in [0.1, 0.15) is 39.2 Å². The van der Waals surface area contributed by atoms with Crippen LogP contribution in [0.4, 0.5) is 0 Å². The number of hydrogen-bond acceptors (Lipinski definition) is 3. The molecule has 1 aliphatic heterocycles. The van der Waals surface area contributed by atoms with Crippen molar-refractivity contribution in [1.29, 1.82) is 0 Å². The molecule has 2 unspecified atom stereocenters. The van der Waals surface area contributed by atoms with Gasteiger partial charge in [-0.3, -0.25) is 0 Å². The molecule has 1 aromatic carbocycles. The summed E-state index contributed by atoms with van der Waals surface area (Å²) < 4.78 is 0. The van der Waals surface area contributed by atoms with Crippen LogP contribution in [0, 0.1) is 5.92 Å². The van der Waals surface area contributed by atoms with Gasteiger partial charge in [0.25, 0.3) is 0 Å². The van der Waals surface area contributed by atoms with Gasteiger partial charge in [0, 0.05) is 19.6 Å². The summed E-state index contributed by atoms with van der Waals surface area (Å²) in [6, 6.07) is 9.73. The first-order valence-corrected chi connectivity index (χ1v) is 9.57. The Balaban J connectivity index is 1.91. The molecule has 0 radical (unpaired) electrons. The molecule has 0 amide bonds. The smallest absolute Gasteiger partial charge is 0.191 e. The van der Waals surface area contributed by atoms with E-state index in [-0.39, 0.29) is 0 Å². The predicted molar refractivity (Wildman–Crippen MR) is 105 cm³/mol. The third kappa shape index (κ3) is 6.33. The highest BCUT2D eigenvalue weighted by Gasteiger charge is 2.23. The molecule has 0 aromatic heterocycles. The van der Waals surface area contributed by atoms with Crippen molar-refractivity contribution < 1.29 is 5.11 Å². The first kappa shape index (κ1) is 19.7. The number of rotatable bonds is 7. The number of nitrogens with one attached hydrogen (secondary N) is 2. The first-order chi connectivity index (χ1) is 12.0. The van der Waals surface area contributed by atoms with Gasteiger partial charge in [0.15, 0.2) is 5.96 Å². The standard InChI is InChI=1S/C20H34N4O/c1-4-21-19(22-14-17-10-9-13-24(5-2)15-17)23-16-20(3,25)18-11-7-6-8-12-18/h6-8,11-12,17,25H,4-5,9-10,13-16H2,1-3H3,(H2,21,22,23). The fourth-order valence-electron chi connectivity index (χ4n) is 3.31. The van der Waals surface area contributed by atoms with E-state index in [0.717, 1.165) is 37.7 Å². The van der Waals surface area contributed by atoms with Gasteiger partial charge in [0.2, 0.25) is 0 Å². The maximum absolute atomic E-state index is 10.7. The number of guanidine groups is 1. The molecule has 0 saturated carbocycles. The van der Waals surface area contributed by atoms with Crippen LogP contribution in [0.15, 0.2) is 35.3 Å². The molecule has 25 heavy (non-hydrogen) atoms. The number of likely N-dealkylation sites (tertiary alicyclic amines) is 1. The zero-order valence-electron chi connectivity index (χ0n) is 16.0. The molecule has 2 atom stereocenters. The minimum Gasteiger partial charge on any atom is -0.384 e. The van der Waals surface area contributed by atoms with Gasteiger partial charge >= 0.3 is 0 Å². The van der Waals surface area contributed by atoms with Gasteiger partial charge in [-0.15, -0.1) is 0 Å². The zero-order valence-corrected chi connectivity index (χ0v) is 16.0. The monoisotopic (exact) mass is 346 g/mol. The average molecular weight is 347 g/mol. The van der Waals surface area contributed by atoms with Gasteiger partial charge < -0.3 is 20.6 Å². The van der Waals surface area contributed by atoms with E-state index in [9.17, 15) is 5.11 Å². The molecule has 0 spiro atoms. The molecule has 3 N–H and O–H groups in total. The van der Waals surface area contributed by atoms with Crippen molar-refractivity contribution >= 4 is 5.96 Å². The number of aliphatic imine (C=N–C) groups is 1. The molecular formula is C20H34N4O. The summed E-state index contributed by atoms with van der Waals surface area (Å²) in [4.78, 5) is 7.13. The lowest BCUT2D eigenvalue weighted by atomic mass is 9.96. The van der Waals surface area contributed by atoms with Gasteiger partial charge in [-0.1, -0.05) is 37.3 Å². The van der Waals surface area contributed by atoms with Crippen LogP contribution >= 0.6 is 0 Å². The van der Waals surface area contributed by atoms with Crippen LogP contribution in [0.3, 0.4) is 0 Å². The lowest BCUT2D eigenvalue weighted by Gasteiger charge is -2.32. The molecular weight excluding hydrogens is 312 g/mol. The van der Waals surface area contributed by atoms with Crippen LogP contribution in [0.25, 0.3) is 0 Å². The molecule has 1 saturated heterocycles. The van der Waals surface area contributed by atoms with E-state index < -0.39 is 5.60 Å². The van der Waals surface area contributed by atoms with Crippen LogP contribution in [0.5, 0.6) is 0 Å². The van der Waals surface area contributed by atoms with Crippen molar-refractivity contribution in [3.63, 3.8) is 0 Å². The highest BCUT2D eigenvalue weighted by atomic mass is 16.3. The van der Waals surface area contributed by atoms with Crippen molar-refractivity contribution in [2.45, 2.75) is 39.2 Å². The molecule has 0 aliphatic carbocycles. The van der Waals surface area contributed by atoms with Crippen molar-refractivity contribution in [3.8, 4) is 0 Å². The number of piperidine rings is 1. The summed E-state index contributed by atoms with van der Waals surface area (Å²) in [6.45, 7) is 11.7. The van der Waals surface area contributed by atoms with Crippen molar-refractivity contribution in [3.05, 3.63) is 35.9 Å². The first-order valence-electron chi connectivity index (χ1n) is 9.57. The summed E-state index contributed by atoms with van der Waals surface area (Å²) in [5.74, 6) is 1.44.